The summed E-state index contributed by atoms with van der Waals surface area (Å²) in [6.45, 7) is 0.604. The maximum atomic E-state index is 12.2. The van der Waals surface area contributed by atoms with Gasteiger partial charge in [0.2, 0.25) is 0 Å². The van der Waals surface area contributed by atoms with Gasteiger partial charge in [-0.3, -0.25) is 9.36 Å². The van der Waals surface area contributed by atoms with Crippen LogP contribution in [0, 0.1) is 5.92 Å². The predicted octanol–water partition coefficient (Wildman–Crippen LogP) is 3.82. The van der Waals surface area contributed by atoms with Crippen molar-refractivity contribution in [3.63, 3.8) is 0 Å². The molecular weight excluding hydrogens is 315 g/mol. The minimum Gasteiger partial charge on any atom is -0.374 e. The van der Waals surface area contributed by atoms with Crippen LogP contribution in [0.3, 0.4) is 0 Å². The second kappa shape index (κ2) is 8.74. The number of ether oxygens (including phenoxy) is 1. The van der Waals surface area contributed by atoms with Crippen molar-refractivity contribution in [2.75, 3.05) is 20.4 Å². The first-order valence-corrected chi connectivity index (χ1v) is 9.68. The summed E-state index contributed by atoms with van der Waals surface area (Å²) in [5.74, 6) is -0.0938. The lowest BCUT2D eigenvalue weighted by atomic mass is 9.85. The molecule has 128 valence electrons. The fourth-order valence-electron chi connectivity index (χ4n) is 2.86. The van der Waals surface area contributed by atoms with Gasteiger partial charge in [-0.1, -0.05) is 30.3 Å². The molecule has 23 heavy (non-hydrogen) atoms. The third-order valence-corrected chi connectivity index (χ3v) is 6.18. The van der Waals surface area contributed by atoms with Gasteiger partial charge in [0, 0.05) is 20.1 Å². The summed E-state index contributed by atoms with van der Waals surface area (Å²) in [5, 5.41) is 0. The van der Waals surface area contributed by atoms with Gasteiger partial charge in [-0.25, -0.2) is 0 Å². The Morgan fingerprint density at radius 3 is 2.26 bits per heavy atom. The van der Waals surface area contributed by atoms with E-state index < -0.39 is 7.60 Å². The third kappa shape index (κ3) is 5.54. The zero-order valence-corrected chi connectivity index (χ0v) is 14.7. The van der Waals surface area contributed by atoms with E-state index in [4.69, 9.17) is 13.8 Å². The largest absolute Gasteiger partial charge is 0.374 e. The molecule has 0 heterocycles. The molecule has 6 heteroatoms. The van der Waals surface area contributed by atoms with Gasteiger partial charge in [-0.15, -0.1) is 0 Å². The number of hydrogen-bond acceptors (Lipinski definition) is 5. The van der Waals surface area contributed by atoms with Crippen LogP contribution in [0.25, 0.3) is 0 Å². The summed E-state index contributed by atoms with van der Waals surface area (Å²) in [7, 11) is -0.630. The molecule has 1 saturated carbocycles. The maximum Gasteiger partial charge on any atom is 0.337 e. The second-order valence-corrected chi connectivity index (χ2v) is 8.14. The standard InChI is InChI=1S/C17H25O5P/c1-20-23(19,21-2)13-17(18)15-8-10-16(11-9-15)22-12-14-6-4-3-5-7-14/h3-7,15-16H,8-13H2,1-2H3/t15-,16-. The first-order chi connectivity index (χ1) is 11.1. The Kier molecular flexibility index (Phi) is 6.97. The zero-order valence-electron chi connectivity index (χ0n) is 13.8. The third-order valence-electron chi connectivity index (χ3n) is 4.36. The molecule has 0 saturated heterocycles. The van der Waals surface area contributed by atoms with Gasteiger partial charge in [-0.2, -0.15) is 0 Å². The van der Waals surface area contributed by atoms with Gasteiger partial charge in [0.15, 0.2) is 0 Å². The van der Waals surface area contributed by atoms with Gasteiger partial charge in [0.25, 0.3) is 0 Å². The van der Waals surface area contributed by atoms with Crippen molar-refractivity contribution in [1.29, 1.82) is 0 Å². The van der Waals surface area contributed by atoms with E-state index in [9.17, 15) is 9.36 Å². The number of ketones is 1. The molecule has 0 N–H and O–H groups in total. The summed E-state index contributed by atoms with van der Waals surface area (Å²) in [5.41, 5.74) is 1.16. The van der Waals surface area contributed by atoms with Crippen LogP contribution >= 0.6 is 7.60 Å². The summed E-state index contributed by atoms with van der Waals surface area (Å²) < 4.78 is 27.7. The highest BCUT2D eigenvalue weighted by Gasteiger charge is 2.32. The number of benzene rings is 1. The van der Waals surface area contributed by atoms with Crippen LogP contribution in [0.15, 0.2) is 30.3 Å². The SMILES string of the molecule is COP(=O)(CC(=O)[C@H]1CC[C@H](OCc2ccccc2)CC1)OC. The molecule has 0 aromatic heterocycles. The smallest absolute Gasteiger partial charge is 0.337 e. The summed E-state index contributed by atoms with van der Waals surface area (Å²) in [6.07, 6.45) is 3.30. The van der Waals surface area contributed by atoms with Gasteiger partial charge < -0.3 is 13.8 Å². The van der Waals surface area contributed by atoms with E-state index in [0.29, 0.717) is 6.61 Å². The maximum absolute atomic E-state index is 12.2. The van der Waals surface area contributed by atoms with Crippen molar-refractivity contribution in [3.05, 3.63) is 35.9 Å². The molecule has 1 aromatic rings. The Morgan fingerprint density at radius 2 is 1.70 bits per heavy atom. The number of carbonyl (C=O) groups excluding carboxylic acids is 1. The van der Waals surface area contributed by atoms with Crippen molar-refractivity contribution >= 4 is 13.4 Å². The minimum absolute atomic E-state index is 0.0291. The lowest BCUT2D eigenvalue weighted by Gasteiger charge is -2.28. The summed E-state index contributed by atoms with van der Waals surface area (Å²) in [4.78, 5) is 12.2. The van der Waals surface area contributed by atoms with Gasteiger partial charge in [0.1, 0.15) is 11.9 Å². The molecule has 0 amide bonds. The average molecular weight is 340 g/mol. The molecule has 0 atom stereocenters. The number of Topliss-reactive ketones (excluding diaryl/α,β-unsaturated/α-hetero) is 1. The monoisotopic (exact) mass is 340 g/mol. The van der Waals surface area contributed by atoms with Gasteiger partial charge in [0.05, 0.1) is 12.7 Å². The van der Waals surface area contributed by atoms with Crippen molar-refractivity contribution in [1.82, 2.24) is 0 Å². The number of rotatable bonds is 8. The summed E-state index contributed by atoms with van der Waals surface area (Å²) >= 11 is 0. The number of carbonyl (C=O) groups is 1. The van der Waals surface area contributed by atoms with E-state index in [-0.39, 0.29) is 24.0 Å². The lowest BCUT2D eigenvalue weighted by Crippen LogP contribution is -2.28. The predicted molar refractivity (Wildman–Crippen MR) is 88.5 cm³/mol. The van der Waals surface area contributed by atoms with Crippen molar-refractivity contribution in [3.8, 4) is 0 Å². The molecule has 0 unspecified atom stereocenters. The Bertz CT molecular complexity index is 529. The van der Waals surface area contributed by atoms with Crippen LogP contribution in [0.1, 0.15) is 31.2 Å². The fraction of sp³-hybridized carbons (Fsp3) is 0.588. The highest BCUT2D eigenvalue weighted by Crippen LogP contribution is 2.47. The number of hydrogen-bond donors (Lipinski definition) is 0. The van der Waals surface area contributed by atoms with E-state index >= 15 is 0 Å². The van der Waals surface area contributed by atoms with E-state index in [2.05, 4.69) is 0 Å². The Hall–Kier alpha value is -1.00. The first-order valence-electron chi connectivity index (χ1n) is 7.95. The van der Waals surface area contributed by atoms with E-state index in [1.807, 2.05) is 30.3 Å². The summed E-state index contributed by atoms with van der Waals surface area (Å²) in [6, 6.07) is 10.1. The zero-order chi connectivity index (χ0) is 16.7. The molecule has 0 radical (unpaired) electrons. The Labute approximate surface area is 137 Å². The average Bonchev–Trinajstić information content (AvgIpc) is 2.61. The molecule has 1 aliphatic rings. The van der Waals surface area contributed by atoms with Crippen LogP contribution in [-0.4, -0.2) is 32.3 Å². The topological polar surface area (TPSA) is 61.8 Å². The molecule has 0 bridgehead atoms. The molecule has 2 rings (SSSR count). The quantitative estimate of drug-likeness (QED) is 0.673. The normalized spacial score (nSPS) is 22.0. The van der Waals surface area contributed by atoms with E-state index in [1.165, 1.54) is 14.2 Å². The van der Waals surface area contributed by atoms with E-state index in [0.717, 1.165) is 31.2 Å². The molecule has 1 aromatic carbocycles. The van der Waals surface area contributed by atoms with Crippen LogP contribution in [0.4, 0.5) is 0 Å². The molecule has 5 nitrogen and oxygen atoms in total. The van der Waals surface area contributed by atoms with Crippen LogP contribution in [0.5, 0.6) is 0 Å². The van der Waals surface area contributed by atoms with Crippen LogP contribution in [0.2, 0.25) is 0 Å². The van der Waals surface area contributed by atoms with Crippen molar-refractivity contribution in [2.45, 2.75) is 38.4 Å². The van der Waals surface area contributed by atoms with Gasteiger partial charge in [-0.05, 0) is 31.2 Å². The Morgan fingerprint density at radius 1 is 1.09 bits per heavy atom. The second-order valence-electron chi connectivity index (χ2n) is 5.87. The lowest BCUT2D eigenvalue weighted by molar-refractivity contribution is -0.122. The first kappa shape index (κ1) is 18.3. The minimum atomic E-state index is -3.25. The molecular formula is C17H25O5P. The Balaban J connectivity index is 1.75. The highest BCUT2D eigenvalue weighted by molar-refractivity contribution is 7.54. The van der Waals surface area contributed by atoms with Crippen molar-refractivity contribution in [2.24, 2.45) is 5.92 Å². The van der Waals surface area contributed by atoms with Crippen LogP contribution in [-0.2, 0) is 29.8 Å². The molecule has 1 aliphatic carbocycles. The fourth-order valence-corrected chi connectivity index (χ4v) is 3.91. The molecule has 0 aliphatic heterocycles. The molecule has 0 spiro atoms. The molecule has 1 fully saturated rings. The highest BCUT2D eigenvalue weighted by atomic mass is 31.2. The van der Waals surface area contributed by atoms with Crippen molar-refractivity contribution < 1.29 is 23.1 Å². The van der Waals surface area contributed by atoms with E-state index in [1.54, 1.807) is 0 Å². The van der Waals surface area contributed by atoms with Crippen LogP contribution < -0.4 is 0 Å². The van der Waals surface area contributed by atoms with Gasteiger partial charge >= 0.3 is 7.60 Å².